The number of carboxylic acids is 1. The second-order valence-electron chi connectivity index (χ2n) is 4.92. The second kappa shape index (κ2) is 8.69. The molecule has 0 aliphatic heterocycles. The average molecular weight is 270 g/mol. The summed E-state index contributed by atoms with van der Waals surface area (Å²) in [6.07, 6.45) is 0.813. The van der Waals surface area contributed by atoms with Crippen molar-refractivity contribution in [3.05, 3.63) is 12.2 Å². The Hall–Kier alpha value is -1.36. The van der Waals surface area contributed by atoms with Gasteiger partial charge in [0.2, 0.25) is 5.91 Å². The van der Waals surface area contributed by atoms with Crippen LogP contribution >= 0.6 is 0 Å². The number of carbonyl (C=O) groups excluding carboxylic acids is 1. The fraction of sp³-hybridized carbons (Fsp3) is 0.714. The highest BCUT2D eigenvalue weighted by Gasteiger charge is 2.21. The van der Waals surface area contributed by atoms with Gasteiger partial charge >= 0.3 is 5.97 Å². The van der Waals surface area contributed by atoms with Crippen molar-refractivity contribution in [3.8, 4) is 0 Å². The first-order valence-electron chi connectivity index (χ1n) is 6.69. The average Bonchev–Trinajstić information content (AvgIpc) is 2.33. The van der Waals surface area contributed by atoms with E-state index >= 15 is 0 Å². The van der Waals surface area contributed by atoms with Crippen LogP contribution in [-0.2, 0) is 9.59 Å². The molecule has 1 unspecified atom stereocenters. The van der Waals surface area contributed by atoms with Gasteiger partial charge in [0.15, 0.2) is 0 Å². The third-order valence-electron chi connectivity index (χ3n) is 3.09. The van der Waals surface area contributed by atoms with Crippen LogP contribution < -0.4 is 0 Å². The van der Waals surface area contributed by atoms with Crippen molar-refractivity contribution in [2.75, 3.05) is 26.2 Å². The molecule has 0 saturated heterocycles. The summed E-state index contributed by atoms with van der Waals surface area (Å²) in [7, 11) is 0. The van der Waals surface area contributed by atoms with E-state index in [4.69, 9.17) is 5.11 Å². The Balaban J connectivity index is 4.67. The largest absolute Gasteiger partial charge is 0.480 e. The number of hydrogen-bond acceptors (Lipinski definition) is 3. The zero-order valence-electron chi connectivity index (χ0n) is 12.5. The van der Waals surface area contributed by atoms with Crippen molar-refractivity contribution in [2.24, 2.45) is 0 Å². The molecule has 0 aromatic rings. The van der Waals surface area contributed by atoms with Crippen LogP contribution in [-0.4, -0.2) is 59.0 Å². The molecular weight excluding hydrogens is 244 g/mol. The lowest BCUT2D eigenvalue weighted by molar-refractivity contribution is -0.140. The molecule has 1 atom stereocenters. The Morgan fingerprint density at radius 2 is 1.79 bits per heavy atom. The van der Waals surface area contributed by atoms with Crippen LogP contribution in [0.4, 0.5) is 0 Å². The van der Waals surface area contributed by atoms with Crippen molar-refractivity contribution in [3.63, 3.8) is 0 Å². The summed E-state index contributed by atoms with van der Waals surface area (Å²) in [5.74, 6) is -0.955. The van der Waals surface area contributed by atoms with Gasteiger partial charge in [-0.1, -0.05) is 19.1 Å². The summed E-state index contributed by atoms with van der Waals surface area (Å²) in [4.78, 5) is 26.4. The lowest BCUT2D eigenvalue weighted by atomic mass is 10.2. The van der Waals surface area contributed by atoms with E-state index in [0.717, 1.165) is 12.0 Å². The molecule has 0 radical (unpaired) electrons. The van der Waals surface area contributed by atoms with Gasteiger partial charge in [-0.15, -0.1) is 0 Å². The lowest BCUT2D eigenvalue weighted by Crippen LogP contribution is -2.46. The van der Waals surface area contributed by atoms with E-state index < -0.39 is 5.97 Å². The van der Waals surface area contributed by atoms with E-state index in [-0.39, 0.29) is 25.0 Å². The summed E-state index contributed by atoms with van der Waals surface area (Å²) < 4.78 is 0. The monoisotopic (exact) mass is 270 g/mol. The summed E-state index contributed by atoms with van der Waals surface area (Å²) in [6, 6.07) is 0.0728. The number of likely N-dealkylation sites (N-methyl/N-ethyl adjacent to an activating group) is 1. The van der Waals surface area contributed by atoms with Gasteiger partial charge in [0.05, 0.1) is 13.1 Å². The molecule has 0 fully saturated rings. The van der Waals surface area contributed by atoms with E-state index in [0.29, 0.717) is 13.1 Å². The van der Waals surface area contributed by atoms with Gasteiger partial charge < -0.3 is 10.0 Å². The predicted octanol–water partition coefficient (Wildman–Crippen LogP) is 1.60. The van der Waals surface area contributed by atoms with Crippen molar-refractivity contribution >= 4 is 11.9 Å². The topological polar surface area (TPSA) is 60.9 Å². The third kappa shape index (κ3) is 6.96. The molecule has 1 amide bonds. The standard InChI is InChI=1S/C14H26N2O3/c1-6-12(5)16(10-14(18)19)9-13(17)15(7-2)8-11(3)4/h12H,3,6-10H2,1-2,4-5H3,(H,18,19). The number of hydrogen-bond donors (Lipinski definition) is 1. The Morgan fingerprint density at radius 3 is 2.16 bits per heavy atom. The first kappa shape index (κ1) is 17.6. The van der Waals surface area contributed by atoms with Gasteiger partial charge in [-0.2, -0.15) is 0 Å². The molecular formula is C14H26N2O3. The quantitative estimate of drug-likeness (QED) is 0.646. The second-order valence-corrected chi connectivity index (χ2v) is 4.92. The minimum atomic E-state index is -0.906. The number of rotatable bonds is 9. The van der Waals surface area contributed by atoms with E-state index in [1.54, 1.807) is 9.80 Å². The maximum Gasteiger partial charge on any atom is 0.317 e. The van der Waals surface area contributed by atoms with Crippen LogP contribution in [0, 0.1) is 0 Å². The minimum absolute atomic E-state index is 0.0490. The minimum Gasteiger partial charge on any atom is -0.480 e. The molecule has 0 aliphatic rings. The van der Waals surface area contributed by atoms with Gasteiger partial charge in [0.1, 0.15) is 0 Å². The van der Waals surface area contributed by atoms with E-state index in [1.807, 2.05) is 27.7 Å². The molecule has 0 bridgehead atoms. The van der Waals surface area contributed by atoms with Crippen molar-refractivity contribution in [2.45, 2.75) is 40.2 Å². The van der Waals surface area contributed by atoms with Gasteiger partial charge in [-0.3, -0.25) is 14.5 Å². The molecule has 0 aliphatic carbocycles. The summed E-state index contributed by atoms with van der Waals surface area (Å²) in [6.45, 7) is 12.7. The zero-order chi connectivity index (χ0) is 15.0. The Morgan fingerprint density at radius 1 is 1.21 bits per heavy atom. The molecule has 0 aromatic carbocycles. The lowest BCUT2D eigenvalue weighted by Gasteiger charge is -2.29. The Labute approximate surface area is 115 Å². The molecule has 5 nitrogen and oxygen atoms in total. The highest BCUT2D eigenvalue weighted by atomic mass is 16.4. The van der Waals surface area contributed by atoms with E-state index in [2.05, 4.69) is 6.58 Å². The van der Waals surface area contributed by atoms with Gasteiger partial charge in [0.25, 0.3) is 0 Å². The first-order valence-corrected chi connectivity index (χ1v) is 6.69. The fourth-order valence-corrected chi connectivity index (χ4v) is 1.78. The van der Waals surface area contributed by atoms with Crippen molar-refractivity contribution in [1.82, 2.24) is 9.80 Å². The fourth-order valence-electron chi connectivity index (χ4n) is 1.78. The van der Waals surface area contributed by atoms with E-state index in [9.17, 15) is 9.59 Å². The van der Waals surface area contributed by atoms with Crippen LogP contribution in [0.15, 0.2) is 12.2 Å². The van der Waals surface area contributed by atoms with Crippen LogP contribution in [0.2, 0.25) is 0 Å². The molecule has 19 heavy (non-hydrogen) atoms. The third-order valence-corrected chi connectivity index (χ3v) is 3.09. The Kier molecular flexibility index (Phi) is 8.07. The van der Waals surface area contributed by atoms with E-state index in [1.165, 1.54) is 0 Å². The van der Waals surface area contributed by atoms with Gasteiger partial charge in [-0.25, -0.2) is 0 Å². The molecule has 5 heteroatoms. The Bertz CT molecular complexity index is 329. The van der Waals surface area contributed by atoms with Crippen LogP contribution in [0.25, 0.3) is 0 Å². The molecule has 0 spiro atoms. The van der Waals surface area contributed by atoms with Crippen LogP contribution in [0.1, 0.15) is 34.1 Å². The number of nitrogens with zero attached hydrogens (tertiary/aromatic N) is 2. The predicted molar refractivity (Wildman–Crippen MR) is 76.0 cm³/mol. The maximum atomic E-state index is 12.2. The summed E-state index contributed by atoms with van der Waals surface area (Å²) in [5, 5.41) is 8.90. The number of amides is 1. The number of aliphatic carboxylic acids is 1. The normalized spacial score (nSPS) is 12.3. The van der Waals surface area contributed by atoms with Crippen LogP contribution in [0.3, 0.4) is 0 Å². The number of carboxylic acid groups (broad SMARTS) is 1. The smallest absolute Gasteiger partial charge is 0.317 e. The molecule has 0 rings (SSSR count). The SMILES string of the molecule is C=C(C)CN(CC)C(=O)CN(CC(=O)O)C(C)CC. The van der Waals surface area contributed by atoms with Crippen LogP contribution in [0.5, 0.6) is 0 Å². The molecule has 0 saturated carbocycles. The highest BCUT2D eigenvalue weighted by Crippen LogP contribution is 2.05. The van der Waals surface area contributed by atoms with Crippen molar-refractivity contribution < 1.29 is 14.7 Å². The summed E-state index contributed by atoms with van der Waals surface area (Å²) in [5.41, 5.74) is 0.920. The number of carbonyl (C=O) groups is 2. The zero-order valence-corrected chi connectivity index (χ0v) is 12.5. The van der Waals surface area contributed by atoms with Crippen molar-refractivity contribution in [1.29, 1.82) is 0 Å². The maximum absolute atomic E-state index is 12.2. The molecule has 1 N–H and O–H groups in total. The van der Waals surface area contributed by atoms with Gasteiger partial charge in [0, 0.05) is 19.1 Å². The highest BCUT2D eigenvalue weighted by molar-refractivity contribution is 5.79. The molecule has 110 valence electrons. The molecule has 0 heterocycles. The first-order chi connectivity index (χ1) is 8.81. The molecule has 0 aromatic heterocycles. The van der Waals surface area contributed by atoms with Gasteiger partial charge in [-0.05, 0) is 27.2 Å². The summed E-state index contributed by atoms with van der Waals surface area (Å²) >= 11 is 0.